The fraction of sp³-hybridized carbons (Fsp3) is 0. The highest BCUT2D eigenvalue weighted by Gasteiger charge is 2.19. The molecule has 2 N–H and O–H groups in total. The molecule has 1 heterocycles. The Morgan fingerprint density at radius 2 is 2.14 bits per heavy atom. The molecular weight excluding hydrogens is 308 g/mol. The van der Waals surface area contributed by atoms with Crippen molar-refractivity contribution in [1.29, 1.82) is 0 Å². The summed E-state index contributed by atoms with van der Waals surface area (Å²) in [6, 6.07) is 7.69. The number of nitrogens with one attached hydrogen (secondary N) is 1. The lowest BCUT2D eigenvalue weighted by Gasteiger charge is -2.19. The van der Waals surface area contributed by atoms with E-state index in [0.717, 1.165) is 11.0 Å². The van der Waals surface area contributed by atoms with Crippen LogP contribution < -0.4 is 10.2 Å². The van der Waals surface area contributed by atoms with Gasteiger partial charge in [-0.05, 0) is 35.9 Å². The van der Waals surface area contributed by atoms with E-state index in [1.165, 1.54) is 18.3 Å². The Morgan fingerprint density at radius 1 is 1.36 bits per heavy atom. The lowest BCUT2D eigenvalue weighted by molar-refractivity contribution is -0.111. The molecule has 0 radical (unpaired) electrons. The molecule has 2 rings (SSSR count). The topological polar surface area (TPSA) is 95.4 Å². The third-order valence-electron chi connectivity index (χ3n) is 2.59. The molecule has 2 aromatic rings. The fourth-order valence-corrected chi connectivity index (χ4v) is 1.85. The number of amides is 2. The third kappa shape index (κ3) is 3.58. The van der Waals surface area contributed by atoms with Gasteiger partial charge in [0.2, 0.25) is 11.2 Å². The molecule has 7 nitrogen and oxygen atoms in total. The molecule has 2 amide bonds. The maximum absolute atomic E-state index is 11.5. The molecule has 1 aromatic carbocycles. The Labute approximate surface area is 130 Å². The van der Waals surface area contributed by atoms with Crippen LogP contribution in [0.2, 0.25) is 5.28 Å². The summed E-state index contributed by atoms with van der Waals surface area (Å²) in [5, 5.41) is 11.9. The molecule has 0 aliphatic rings. The highest BCUT2D eigenvalue weighted by atomic mass is 35.5. The van der Waals surface area contributed by atoms with Gasteiger partial charge in [0, 0.05) is 18.0 Å². The van der Waals surface area contributed by atoms with Crippen molar-refractivity contribution in [2.45, 2.75) is 0 Å². The van der Waals surface area contributed by atoms with Gasteiger partial charge in [0.05, 0.1) is 5.69 Å². The average Bonchev–Trinajstić information content (AvgIpc) is 2.47. The molecule has 8 heteroatoms. The first kappa shape index (κ1) is 15.5. The molecule has 0 spiro atoms. The number of halogens is 1. The van der Waals surface area contributed by atoms with Gasteiger partial charge in [0.1, 0.15) is 5.82 Å². The zero-order valence-electron chi connectivity index (χ0n) is 11.2. The first-order chi connectivity index (χ1) is 10.5. The SMILES string of the molecule is C=CC(=O)Nc1cccc(N(C(=O)O)c2ccnc(Cl)n2)c1. The number of aromatic nitrogens is 2. The first-order valence-electron chi connectivity index (χ1n) is 6.06. The zero-order valence-corrected chi connectivity index (χ0v) is 12.0. The standard InChI is InChI=1S/C14H11ClN4O3/c1-2-12(20)17-9-4-3-5-10(8-9)19(14(21)22)11-6-7-16-13(15)18-11/h2-8H,1H2,(H,17,20)(H,21,22). The van der Waals surface area contributed by atoms with Crippen LogP contribution >= 0.6 is 11.6 Å². The van der Waals surface area contributed by atoms with Crippen LogP contribution in [0.25, 0.3) is 0 Å². The van der Waals surface area contributed by atoms with Gasteiger partial charge in [0.25, 0.3) is 0 Å². The third-order valence-corrected chi connectivity index (χ3v) is 2.77. The second-order valence-corrected chi connectivity index (χ2v) is 4.38. The van der Waals surface area contributed by atoms with Crippen LogP contribution in [0, 0.1) is 0 Å². The Bertz CT molecular complexity index is 736. The average molecular weight is 319 g/mol. The van der Waals surface area contributed by atoms with Crippen LogP contribution in [0.4, 0.5) is 22.0 Å². The normalized spacial score (nSPS) is 9.86. The molecule has 0 bridgehead atoms. The Morgan fingerprint density at radius 3 is 2.77 bits per heavy atom. The van der Waals surface area contributed by atoms with E-state index >= 15 is 0 Å². The molecule has 0 unspecified atom stereocenters. The van der Waals surface area contributed by atoms with E-state index in [2.05, 4.69) is 21.9 Å². The monoisotopic (exact) mass is 318 g/mol. The lowest BCUT2D eigenvalue weighted by Crippen LogP contribution is -2.24. The van der Waals surface area contributed by atoms with Crippen LogP contribution in [0.15, 0.2) is 49.2 Å². The number of nitrogens with zero attached hydrogens (tertiary/aromatic N) is 3. The molecule has 0 fully saturated rings. The van der Waals surface area contributed by atoms with E-state index < -0.39 is 12.0 Å². The number of carboxylic acid groups (broad SMARTS) is 1. The van der Waals surface area contributed by atoms with Gasteiger partial charge in [-0.2, -0.15) is 4.98 Å². The van der Waals surface area contributed by atoms with Gasteiger partial charge < -0.3 is 10.4 Å². The van der Waals surface area contributed by atoms with Crippen molar-refractivity contribution in [3.05, 3.63) is 54.5 Å². The minimum atomic E-state index is -1.25. The largest absolute Gasteiger partial charge is 0.464 e. The number of anilines is 3. The summed E-state index contributed by atoms with van der Waals surface area (Å²) in [5.74, 6) is -0.302. The second-order valence-electron chi connectivity index (χ2n) is 4.05. The second kappa shape index (κ2) is 6.68. The van der Waals surface area contributed by atoms with Crippen LogP contribution in [0.5, 0.6) is 0 Å². The molecule has 112 valence electrons. The predicted molar refractivity (Wildman–Crippen MR) is 82.5 cm³/mol. The van der Waals surface area contributed by atoms with Gasteiger partial charge >= 0.3 is 6.09 Å². The summed E-state index contributed by atoms with van der Waals surface area (Å²) >= 11 is 5.69. The molecule has 1 aromatic heterocycles. The number of benzene rings is 1. The van der Waals surface area contributed by atoms with Gasteiger partial charge in [-0.15, -0.1) is 0 Å². The number of carbonyl (C=O) groups is 2. The smallest absolute Gasteiger partial charge is 0.417 e. The van der Waals surface area contributed by atoms with E-state index in [1.54, 1.807) is 18.2 Å². The van der Waals surface area contributed by atoms with Crippen LogP contribution in [0.3, 0.4) is 0 Å². The highest BCUT2D eigenvalue weighted by Crippen LogP contribution is 2.26. The number of carbonyl (C=O) groups excluding carboxylic acids is 1. The zero-order chi connectivity index (χ0) is 16.1. The molecule has 0 saturated carbocycles. The minimum absolute atomic E-state index is 0.0696. The number of hydrogen-bond donors (Lipinski definition) is 2. The summed E-state index contributed by atoms with van der Waals surface area (Å²) in [7, 11) is 0. The summed E-state index contributed by atoms with van der Waals surface area (Å²) in [4.78, 5) is 31.3. The van der Waals surface area contributed by atoms with Crippen LogP contribution in [0.1, 0.15) is 0 Å². The molecule has 0 saturated heterocycles. The maximum atomic E-state index is 11.5. The minimum Gasteiger partial charge on any atom is -0.464 e. The number of rotatable bonds is 4. The number of hydrogen-bond acceptors (Lipinski definition) is 4. The molecule has 0 aliphatic heterocycles. The predicted octanol–water partition coefficient (Wildman–Crippen LogP) is 3.07. The summed E-state index contributed by atoms with van der Waals surface area (Å²) in [5.41, 5.74) is 0.720. The van der Waals surface area contributed by atoms with E-state index in [1.807, 2.05) is 0 Å². The van der Waals surface area contributed by atoms with Crippen molar-refractivity contribution in [2.75, 3.05) is 10.2 Å². The van der Waals surface area contributed by atoms with Gasteiger partial charge in [0.15, 0.2) is 0 Å². The maximum Gasteiger partial charge on any atom is 0.417 e. The van der Waals surface area contributed by atoms with E-state index in [-0.39, 0.29) is 11.1 Å². The Hall–Kier alpha value is -2.93. The molecule has 0 aliphatic carbocycles. The first-order valence-corrected chi connectivity index (χ1v) is 6.44. The molecule has 22 heavy (non-hydrogen) atoms. The van der Waals surface area contributed by atoms with Crippen LogP contribution in [-0.4, -0.2) is 27.1 Å². The van der Waals surface area contributed by atoms with E-state index in [9.17, 15) is 14.7 Å². The van der Waals surface area contributed by atoms with Crippen molar-refractivity contribution >= 4 is 40.8 Å². The van der Waals surface area contributed by atoms with Crippen molar-refractivity contribution in [2.24, 2.45) is 0 Å². The quantitative estimate of drug-likeness (QED) is 0.667. The Balaban J connectivity index is 2.41. The van der Waals surface area contributed by atoms with Gasteiger partial charge in [-0.3, -0.25) is 4.79 Å². The van der Waals surface area contributed by atoms with Gasteiger partial charge in [-0.1, -0.05) is 12.6 Å². The Kier molecular flexibility index (Phi) is 4.70. The molecular formula is C14H11ClN4O3. The molecule has 0 atom stereocenters. The fourth-order valence-electron chi connectivity index (χ4n) is 1.71. The summed E-state index contributed by atoms with van der Waals surface area (Å²) < 4.78 is 0. The summed E-state index contributed by atoms with van der Waals surface area (Å²) in [6.45, 7) is 3.35. The van der Waals surface area contributed by atoms with Crippen molar-refractivity contribution in [1.82, 2.24) is 9.97 Å². The summed E-state index contributed by atoms with van der Waals surface area (Å²) in [6.07, 6.45) is 1.22. The van der Waals surface area contributed by atoms with Crippen molar-refractivity contribution in [3.63, 3.8) is 0 Å². The van der Waals surface area contributed by atoms with Crippen LogP contribution in [-0.2, 0) is 4.79 Å². The van der Waals surface area contributed by atoms with E-state index in [4.69, 9.17) is 11.6 Å². The highest BCUT2D eigenvalue weighted by molar-refractivity contribution is 6.28. The lowest BCUT2D eigenvalue weighted by atomic mass is 10.2. The van der Waals surface area contributed by atoms with Crippen molar-refractivity contribution in [3.8, 4) is 0 Å². The van der Waals surface area contributed by atoms with E-state index in [0.29, 0.717) is 11.4 Å². The van der Waals surface area contributed by atoms with Gasteiger partial charge in [-0.25, -0.2) is 14.7 Å². The van der Waals surface area contributed by atoms with Crippen molar-refractivity contribution < 1.29 is 14.7 Å².